The molecule has 0 aromatic carbocycles. The molecule has 0 unspecified atom stereocenters. The molecule has 2 aliphatic rings. The van der Waals surface area contributed by atoms with Gasteiger partial charge < -0.3 is 19.9 Å². The second kappa shape index (κ2) is 6.79. The molecule has 1 N–H and O–H groups in total. The van der Waals surface area contributed by atoms with Gasteiger partial charge in [-0.25, -0.2) is 4.98 Å². The average Bonchev–Trinajstić information content (AvgIpc) is 2.70. The molecule has 0 radical (unpaired) electrons. The van der Waals surface area contributed by atoms with Gasteiger partial charge in [0.05, 0.1) is 18.9 Å². The molecule has 0 aliphatic carbocycles. The molecule has 22 heavy (non-hydrogen) atoms. The zero-order valence-electron chi connectivity index (χ0n) is 13.9. The van der Waals surface area contributed by atoms with Gasteiger partial charge in [0.25, 0.3) is 0 Å². The van der Waals surface area contributed by atoms with Crippen LogP contribution in [0, 0.1) is 0 Å². The van der Waals surface area contributed by atoms with Crippen LogP contribution in [0.2, 0.25) is 0 Å². The zero-order valence-corrected chi connectivity index (χ0v) is 13.9. The van der Waals surface area contributed by atoms with Gasteiger partial charge in [-0.1, -0.05) is 0 Å². The molecule has 1 saturated heterocycles. The normalized spacial score (nSPS) is 19.9. The van der Waals surface area contributed by atoms with Gasteiger partial charge in [-0.2, -0.15) is 4.98 Å². The Bertz CT molecular complexity index is 514. The van der Waals surface area contributed by atoms with E-state index < -0.39 is 0 Å². The van der Waals surface area contributed by atoms with Crippen LogP contribution >= 0.6 is 0 Å². The topological polar surface area (TPSA) is 53.5 Å². The van der Waals surface area contributed by atoms with E-state index in [1.807, 2.05) is 0 Å². The van der Waals surface area contributed by atoms with Crippen molar-refractivity contribution in [3.05, 3.63) is 11.3 Å². The molecule has 1 aromatic rings. The fourth-order valence-corrected chi connectivity index (χ4v) is 3.00. The predicted molar refractivity (Wildman–Crippen MR) is 88.7 cm³/mol. The molecule has 0 bridgehead atoms. The monoisotopic (exact) mass is 305 g/mol. The van der Waals surface area contributed by atoms with Crippen LogP contribution in [-0.4, -0.2) is 67.4 Å². The van der Waals surface area contributed by atoms with E-state index in [1.54, 1.807) is 0 Å². The molecular weight excluding hydrogens is 278 g/mol. The lowest BCUT2D eigenvalue weighted by Gasteiger charge is -2.28. The van der Waals surface area contributed by atoms with Gasteiger partial charge in [-0.3, -0.25) is 0 Å². The third-order valence-corrected chi connectivity index (χ3v) is 4.27. The van der Waals surface area contributed by atoms with Crippen LogP contribution in [0.15, 0.2) is 0 Å². The molecule has 2 aliphatic heterocycles. The molecular formula is C16H27N5O. The van der Waals surface area contributed by atoms with E-state index in [4.69, 9.17) is 14.7 Å². The molecule has 6 heteroatoms. The molecule has 1 fully saturated rings. The summed E-state index contributed by atoms with van der Waals surface area (Å²) in [7, 11) is 2.18. The first-order valence-corrected chi connectivity index (χ1v) is 8.31. The van der Waals surface area contributed by atoms with Crippen molar-refractivity contribution in [2.75, 3.05) is 56.7 Å². The van der Waals surface area contributed by atoms with Gasteiger partial charge >= 0.3 is 0 Å². The standard InChI is InChI=1S/C16H27N5O/c1-12(2)17-15-13-4-6-20(3)7-5-14(13)18-16(19-15)21-8-10-22-11-9-21/h12H,4-11H2,1-3H3,(H,17,18,19). The molecule has 0 spiro atoms. The lowest BCUT2D eigenvalue weighted by molar-refractivity contribution is 0.122. The van der Waals surface area contributed by atoms with Crippen LogP contribution in [-0.2, 0) is 17.6 Å². The van der Waals surface area contributed by atoms with Crippen molar-refractivity contribution >= 4 is 11.8 Å². The molecule has 6 nitrogen and oxygen atoms in total. The van der Waals surface area contributed by atoms with Gasteiger partial charge in [-0.05, 0) is 27.3 Å². The van der Waals surface area contributed by atoms with Gasteiger partial charge in [0, 0.05) is 44.2 Å². The number of nitrogens with zero attached hydrogens (tertiary/aromatic N) is 4. The summed E-state index contributed by atoms with van der Waals surface area (Å²) in [5, 5.41) is 3.53. The first-order chi connectivity index (χ1) is 10.6. The summed E-state index contributed by atoms with van der Waals surface area (Å²) in [6.07, 6.45) is 2.02. The fraction of sp³-hybridized carbons (Fsp3) is 0.750. The Kier molecular flexibility index (Phi) is 4.78. The number of morpholine rings is 1. The first-order valence-electron chi connectivity index (χ1n) is 8.31. The second-order valence-corrected chi connectivity index (χ2v) is 6.50. The Morgan fingerprint density at radius 1 is 1.05 bits per heavy atom. The maximum absolute atomic E-state index is 5.44. The Labute approximate surface area is 132 Å². The van der Waals surface area contributed by atoms with Crippen molar-refractivity contribution in [2.45, 2.75) is 32.7 Å². The maximum Gasteiger partial charge on any atom is 0.227 e. The maximum atomic E-state index is 5.44. The largest absolute Gasteiger partial charge is 0.378 e. The van der Waals surface area contributed by atoms with Crippen LogP contribution in [0.25, 0.3) is 0 Å². The van der Waals surface area contributed by atoms with E-state index in [0.29, 0.717) is 6.04 Å². The average molecular weight is 305 g/mol. The number of anilines is 2. The highest BCUT2D eigenvalue weighted by atomic mass is 16.5. The second-order valence-electron chi connectivity index (χ2n) is 6.50. The Hall–Kier alpha value is -1.40. The van der Waals surface area contributed by atoms with Gasteiger partial charge in [0.15, 0.2) is 0 Å². The van der Waals surface area contributed by atoms with E-state index in [9.17, 15) is 0 Å². The van der Waals surface area contributed by atoms with E-state index in [0.717, 1.165) is 64.0 Å². The number of fused-ring (bicyclic) bond motifs is 1. The Balaban J connectivity index is 1.95. The molecule has 3 heterocycles. The number of hydrogen-bond acceptors (Lipinski definition) is 6. The number of nitrogens with one attached hydrogen (secondary N) is 1. The minimum atomic E-state index is 0.373. The Morgan fingerprint density at radius 3 is 2.50 bits per heavy atom. The summed E-state index contributed by atoms with van der Waals surface area (Å²) in [4.78, 5) is 14.3. The van der Waals surface area contributed by atoms with Gasteiger partial charge in [-0.15, -0.1) is 0 Å². The third-order valence-electron chi connectivity index (χ3n) is 4.27. The number of rotatable bonds is 3. The van der Waals surface area contributed by atoms with Crippen molar-refractivity contribution in [3.8, 4) is 0 Å². The molecule has 0 saturated carbocycles. The third kappa shape index (κ3) is 3.50. The Morgan fingerprint density at radius 2 is 1.77 bits per heavy atom. The van der Waals surface area contributed by atoms with Gasteiger partial charge in [0.1, 0.15) is 5.82 Å². The smallest absolute Gasteiger partial charge is 0.227 e. The van der Waals surface area contributed by atoms with Crippen LogP contribution in [0.1, 0.15) is 25.1 Å². The van der Waals surface area contributed by atoms with Crippen molar-refractivity contribution in [1.82, 2.24) is 14.9 Å². The van der Waals surface area contributed by atoms with E-state index in [2.05, 4.69) is 36.0 Å². The van der Waals surface area contributed by atoms with Crippen molar-refractivity contribution in [1.29, 1.82) is 0 Å². The minimum absolute atomic E-state index is 0.373. The quantitative estimate of drug-likeness (QED) is 0.904. The summed E-state index contributed by atoms with van der Waals surface area (Å²) < 4.78 is 5.44. The molecule has 0 atom stereocenters. The minimum Gasteiger partial charge on any atom is -0.378 e. The molecule has 1 aromatic heterocycles. The summed E-state index contributed by atoms with van der Waals surface area (Å²) >= 11 is 0. The fourth-order valence-electron chi connectivity index (χ4n) is 3.00. The van der Waals surface area contributed by atoms with E-state index in [1.165, 1.54) is 11.3 Å². The van der Waals surface area contributed by atoms with Gasteiger partial charge in [0.2, 0.25) is 5.95 Å². The zero-order chi connectivity index (χ0) is 15.5. The predicted octanol–water partition coefficient (Wildman–Crippen LogP) is 1.16. The van der Waals surface area contributed by atoms with Crippen LogP contribution in [0.3, 0.4) is 0 Å². The van der Waals surface area contributed by atoms with Crippen molar-refractivity contribution in [2.24, 2.45) is 0 Å². The summed E-state index contributed by atoms with van der Waals surface area (Å²) in [5.74, 6) is 1.88. The van der Waals surface area contributed by atoms with Crippen LogP contribution in [0.4, 0.5) is 11.8 Å². The highest BCUT2D eigenvalue weighted by Crippen LogP contribution is 2.25. The summed E-state index contributed by atoms with van der Waals surface area (Å²) in [6, 6.07) is 0.373. The van der Waals surface area contributed by atoms with Crippen molar-refractivity contribution < 1.29 is 4.74 Å². The number of likely N-dealkylation sites (N-methyl/N-ethyl adjacent to an activating group) is 1. The lowest BCUT2D eigenvalue weighted by atomic mass is 10.1. The SMILES string of the molecule is CC(C)Nc1nc(N2CCOCC2)nc2c1CCN(C)CC2. The first kappa shape index (κ1) is 15.5. The van der Waals surface area contributed by atoms with Crippen LogP contribution < -0.4 is 10.2 Å². The number of hydrogen-bond donors (Lipinski definition) is 1. The van der Waals surface area contributed by atoms with E-state index >= 15 is 0 Å². The van der Waals surface area contributed by atoms with E-state index in [-0.39, 0.29) is 0 Å². The molecule has 3 rings (SSSR count). The summed E-state index contributed by atoms with van der Waals surface area (Å²) in [5.41, 5.74) is 2.51. The summed E-state index contributed by atoms with van der Waals surface area (Å²) in [6.45, 7) is 9.72. The lowest BCUT2D eigenvalue weighted by Crippen LogP contribution is -2.37. The number of aromatic nitrogens is 2. The van der Waals surface area contributed by atoms with Crippen molar-refractivity contribution in [3.63, 3.8) is 0 Å². The molecule has 0 amide bonds. The molecule has 122 valence electrons. The van der Waals surface area contributed by atoms with Crippen LogP contribution in [0.5, 0.6) is 0 Å². The highest BCUT2D eigenvalue weighted by Gasteiger charge is 2.22. The number of ether oxygens (including phenoxy) is 1. The highest BCUT2D eigenvalue weighted by molar-refractivity contribution is 5.52.